The number of hydrogen-bond donors (Lipinski definition) is 1. The molecule has 1 fully saturated rings. The van der Waals surface area contributed by atoms with Crippen LogP contribution >= 0.6 is 0 Å². The van der Waals surface area contributed by atoms with Crippen molar-refractivity contribution in [2.75, 3.05) is 18.4 Å². The van der Waals surface area contributed by atoms with Crippen molar-refractivity contribution in [2.45, 2.75) is 26.7 Å². The molecule has 1 amide bonds. The number of anilines is 2. The molecule has 4 nitrogen and oxygen atoms in total. The minimum Gasteiger partial charge on any atom is -0.355 e. The quantitative estimate of drug-likeness (QED) is 0.674. The molecule has 0 atom stereocenters. The predicted molar refractivity (Wildman–Crippen MR) is 110 cm³/mol. The maximum absolute atomic E-state index is 13.7. The molecule has 0 bridgehead atoms. The highest BCUT2D eigenvalue weighted by atomic mass is 19.1. The van der Waals surface area contributed by atoms with Crippen molar-refractivity contribution in [2.24, 2.45) is 5.92 Å². The Bertz CT molecular complexity index is 1030. The van der Waals surface area contributed by atoms with Gasteiger partial charge in [-0.25, -0.2) is 9.37 Å². The van der Waals surface area contributed by atoms with E-state index in [1.165, 1.54) is 12.1 Å². The van der Waals surface area contributed by atoms with Crippen molar-refractivity contribution in [1.29, 1.82) is 0 Å². The monoisotopic (exact) mass is 377 g/mol. The molecule has 1 saturated heterocycles. The van der Waals surface area contributed by atoms with Gasteiger partial charge in [-0.15, -0.1) is 0 Å². The molecule has 1 N–H and O–H groups in total. The summed E-state index contributed by atoms with van der Waals surface area (Å²) in [7, 11) is 0. The third-order valence-electron chi connectivity index (χ3n) is 5.48. The van der Waals surface area contributed by atoms with E-state index in [1.807, 2.05) is 36.1 Å². The first-order chi connectivity index (χ1) is 13.5. The summed E-state index contributed by atoms with van der Waals surface area (Å²) in [4.78, 5) is 19.5. The van der Waals surface area contributed by atoms with Crippen LogP contribution in [0.15, 0.2) is 48.5 Å². The van der Waals surface area contributed by atoms with Crippen LogP contribution in [-0.4, -0.2) is 28.9 Å². The Labute approximate surface area is 164 Å². The van der Waals surface area contributed by atoms with Crippen LogP contribution in [0.3, 0.4) is 0 Å². The molecule has 4 rings (SSSR count). The Balaban J connectivity index is 1.73. The summed E-state index contributed by atoms with van der Waals surface area (Å²) in [6, 6.07) is 14.1. The lowest BCUT2D eigenvalue weighted by atomic mass is 9.99. The van der Waals surface area contributed by atoms with Gasteiger partial charge in [-0.3, -0.25) is 4.79 Å². The van der Waals surface area contributed by atoms with E-state index in [2.05, 4.69) is 17.2 Å². The maximum atomic E-state index is 13.7. The largest absolute Gasteiger partial charge is 0.355 e. The van der Waals surface area contributed by atoms with Crippen molar-refractivity contribution in [1.82, 2.24) is 9.88 Å². The highest BCUT2D eigenvalue weighted by molar-refractivity contribution is 6.00. The van der Waals surface area contributed by atoms with E-state index < -0.39 is 0 Å². The number of carbonyl (C=O) groups excluding carboxylic acids is 1. The van der Waals surface area contributed by atoms with Gasteiger partial charge in [-0.05, 0) is 55.5 Å². The lowest BCUT2D eigenvalue weighted by Gasteiger charge is -2.30. The number of aryl methyl sites for hydroxylation is 1. The summed E-state index contributed by atoms with van der Waals surface area (Å²) in [5.41, 5.74) is 3.54. The molecule has 0 radical (unpaired) electrons. The number of halogens is 1. The molecule has 0 unspecified atom stereocenters. The van der Waals surface area contributed by atoms with E-state index in [0.29, 0.717) is 17.3 Å². The summed E-state index contributed by atoms with van der Waals surface area (Å²) in [6.07, 6.45) is 2.04. The summed E-state index contributed by atoms with van der Waals surface area (Å²) in [6.45, 7) is 5.67. The van der Waals surface area contributed by atoms with Crippen molar-refractivity contribution >= 4 is 28.2 Å². The number of fused-ring (bicyclic) bond motifs is 1. The Morgan fingerprint density at radius 1 is 1.11 bits per heavy atom. The molecule has 2 heterocycles. The zero-order chi connectivity index (χ0) is 19.7. The highest BCUT2D eigenvalue weighted by Crippen LogP contribution is 2.29. The SMILES string of the molecule is Cc1ccc(F)cc1Nc1cc(C(=O)N2CCC(C)CC2)nc2ccccc12. The average molecular weight is 377 g/mol. The summed E-state index contributed by atoms with van der Waals surface area (Å²) in [5, 5.41) is 4.21. The minimum absolute atomic E-state index is 0.0448. The van der Waals surface area contributed by atoms with Gasteiger partial charge in [0, 0.05) is 24.2 Å². The van der Waals surface area contributed by atoms with Crippen LogP contribution in [-0.2, 0) is 0 Å². The zero-order valence-corrected chi connectivity index (χ0v) is 16.2. The number of hydrogen-bond acceptors (Lipinski definition) is 3. The van der Waals surface area contributed by atoms with Crippen molar-refractivity contribution in [3.63, 3.8) is 0 Å². The molecule has 2 aromatic carbocycles. The fraction of sp³-hybridized carbons (Fsp3) is 0.304. The van der Waals surface area contributed by atoms with Gasteiger partial charge in [0.15, 0.2) is 0 Å². The van der Waals surface area contributed by atoms with Gasteiger partial charge in [0.2, 0.25) is 0 Å². The van der Waals surface area contributed by atoms with Gasteiger partial charge in [0.25, 0.3) is 5.91 Å². The number of rotatable bonds is 3. The van der Waals surface area contributed by atoms with Crippen molar-refractivity contribution < 1.29 is 9.18 Å². The van der Waals surface area contributed by atoms with Crippen LogP contribution in [0.5, 0.6) is 0 Å². The van der Waals surface area contributed by atoms with Crippen LogP contribution < -0.4 is 5.32 Å². The third-order valence-corrected chi connectivity index (χ3v) is 5.48. The molecule has 28 heavy (non-hydrogen) atoms. The van der Waals surface area contributed by atoms with Crippen LogP contribution in [0.25, 0.3) is 10.9 Å². The molecule has 0 aliphatic carbocycles. The molecule has 1 aliphatic rings. The number of amides is 1. The number of nitrogens with one attached hydrogen (secondary N) is 1. The third kappa shape index (κ3) is 3.70. The second-order valence-corrected chi connectivity index (χ2v) is 7.63. The standard InChI is InChI=1S/C23H24FN3O/c1-15-9-11-27(12-10-15)23(28)22-14-21(18-5-3-4-6-19(18)25-22)26-20-13-17(24)8-7-16(20)2/h3-8,13-15H,9-12H2,1-2H3,(H,25,26). The van der Waals surface area contributed by atoms with E-state index in [1.54, 1.807) is 12.1 Å². The van der Waals surface area contributed by atoms with Crippen molar-refractivity contribution in [3.05, 3.63) is 65.6 Å². The molecular weight excluding hydrogens is 353 g/mol. The number of nitrogens with zero attached hydrogens (tertiary/aromatic N) is 2. The molecule has 144 valence electrons. The van der Waals surface area contributed by atoms with Gasteiger partial charge in [0.1, 0.15) is 11.5 Å². The van der Waals surface area contributed by atoms with E-state index >= 15 is 0 Å². The summed E-state index contributed by atoms with van der Waals surface area (Å²) < 4.78 is 13.7. The fourth-order valence-corrected chi connectivity index (χ4v) is 3.64. The van der Waals surface area contributed by atoms with Crippen molar-refractivity contribution in [3.8, 4) is 0 Å². The van der Waals surface area contributed by atoms with E-state index in [-0.39, 0.29) is 11.7 Å². The highest BCUT2D eigenvalue weighted by Gasteiger charge is 2.23. The lowest BCUT2D eigenvalue weighted by molar-refractivity contribution is 0.0691. The maximum Gasteiger partial charge on any atom is 0.272 e. The smallest absolute Gasteiger partial charge is 0.272 e. The van der Waals surface area contributed by atoms with E-state index in [0.717, 1.165) is 48.1 Å². The second kappa shape index (κ2) is 7.58. The normalized spacial score (nSPS) is 15.0. The molecule has 3 aromatic rings. The van der Waals surface area contributed by atoms with Crippen LogP contribution in [0.1, 0.15) is 35.8 Å². The summed E-state index contributed by atoms with van der Waals surface area (Å²) in [5.74, 6) is 0.309. The average Bonchev–Trinajstić information content (AvgIpc) is 2.70. The lowest BCUT2D eigenvalue weighted by Crippen LogP contribution is -2.38. The topological polar surface area (TPSA) is 45.2 Å². The van der Waals surface area contributed by atoms with Gasteiger partial charge in [-0.1, -0.05) is 31.2 Å². The fourth-order valence-electron chi connectivity index (χ4n) is 3.64. The first kappa shape index (κ1) is 18.4. The number of benzene rings is 2. The van der Waals surface area contributed by atoms with Gasteiger partial charge in [0.05, 0.1) is 11.2 Å². The van der Waals surface area contributed by atoms with Crippen LogP contribution in [0, 0.1) is 18.7 Å². The minimum atomic E-state index is -0.301. The molecule has 0 saturated carbocycles. The number of piperidine rings is 1. The number of carbonyl (C=O) groups is 1. The Kier molecular flexibility index (Phi) is 4.99. The molecule has 1 aromatic heterocycles. The number of para-hydroxylation sites is 1. The van der Waals surface area contributed by atoms with Crippen LogP contribution in [0.2, 0.25) is 0 Å². The van der Waals surface area contributed by atoms with Crippen LogP contribution in [0.4, 0.5) is 15.8 Å². The summed E-state index contributed by atoms with van der Waals surface area (Å²) >= 11 is 0. The molecule has 0 spiro atoms. The Morgan fingerprint density at radius 3 is 2.64 bits per heavy atom. The number of likely N-dealkylation sites (tertiary alicyclic amines) is 1. The predicted octanol–water partition coefficient (Wildman–Crippen LogP) is 5.30. The first-order valence-corrected chi connectivity index (χ1v) is 9.73. The Hall–Kier alpha value is -2.95. The van der Waals surface area contributed by atoms with E-state index in [4.69, 9.17) is 0 Å². The molecular formula is C23H24FN3O. The Morgan fingerprint density at radius 2 is 1.86 bits per heavy atom. The van der Waals surface area contributed by atoms with Gasteiger partial charge < -0.3 is 10.2 Å². The van der Waals surface area contributed by atoms with E-state index in [9.17, 15) is 9.18 Å². The second-order valence-electron chi connectivity index (χ2n) is 7.63. The number of aromatic nitrogens is 1. The number of pyridine rings is 1. The zero-order valence-electron chi connectivity index (χ0n) is 16.2. The van der Waals surface area contributed by atoms with Gasteiger partial charge >= 0.3 is 0 Å². The molecule has 1 aliphatic heterocycles. The first-order valence-electron chi connectivity index (χ1n) is 9.73. The van der Waals surface area contributed by atoms with Gasteiger partial charge in [-0.2, -0.15) is 0 Å². The molecule has 5 heteroatoms.